The summed E-state index contributed by atoms with van der Waals surface area (Å²) in [6.45, 7) is 3.48. The molecule has 0 aliphatic carbocycles. The van der Waals surface area contributed by atoms with Gasteiger partial charge in [-0.15, -0.1) is 0 Å². The van der Waals surface area contributed by atoms with Crippen molar-refractivity contribution in [3.05, 3.63) is 12.7 Å². The Morgan fingerprint density at radius 2 is 2.14 bits per heavy atom. The van der Waals surface area contributed by atoms with Crippen LogP contribution in [0, 0.1) is 0 Å². The fourth-order valence-corrected chi connectivity index (χ4v) is 0.183. The summed E-state index contributed by atoms with van der Waals surface area (Å²) in [5.41, 5.74) is 5.34. The van der Waals surface area contributed by atoms with Crippen LogP contribution in [0.5, 0.6) is 0 Å². The van der Waals surface area contributed by atoms with Crippen molar-refractivity contribution in [2.75, 3.05) is 14.1 Å². The van der Waals surface area contributed by atoms with E-state index in [1.54, 1.807) is 10.7 Å². The quantitative estimate of drug-likeness (QED) is 0.275. The summed E-state index contributed by atoms with van der Waals surface area (Å²) in [4.78, 5) is 0. The first-order valence-electron chi connectivity index (χ1n) is 2.10. The van der Waals surface area contributed by atoms with Gasteiger partial charge < -0.3 is 0 Å². The lowest BCUT2D eigenvalue weighted by molar-refractivity contribution is -0.464. The average Bonchev–Trinajstić information content (AvgIpc) is 1.65. The van der Waals surface area contributed by atoms with E-state index in [9.17, 15) is 0 Å². The molecule has 2 nitrogen and oxygen atoms in total. The summed E-state index contributed by atoms with van der Waals surface area (Å²) in [5.74, 6) is 0.694. The minimum atomic E-state index is 0.694. The molecule has 0 atom stereocenters. The number of rotatable bonds is 1. The van der Waals surface area contributed by atoms with E-state index in [-0.39, 0.29) is 0 Å². The maximum atomic E-state index is 5.34. The molecule has 2 N–H and O–H groups in total. The third kappa shape index (κ3) is 1.98. The van der Waals surface area contributed by atoms with E-state index in [4.69, 9.17) is 5.73 Å². The van der Waals surface area contributed by atoms with Crippen molar-refractivity contribution in [2.45, 2.75) is 0 Å². The number of hydrogen-bond acceptors (Lipinski definition) is 0. The number of hydrogen-bond donors (Lipinski definition) is 1. The van der Waals surface area contributed by atoms with Gasteiger partial charge in [0.2, 0.25) is 0 Å². The number of nitrogens with two attached hydrogens (primary N) is 1. The largest absolute Gasteiger partial charge is 0.287 e. The van der Waals surface area contributed by atoms with Gasteiger partial charge in [0.05, 0.1) is 14.1 Å². The summed E-state index contributed by atoms with van der Waals surface area (Å²) in [6, 6.07) is 0. The van der Waals surface area contributed by atoms with Crippen LogP contribution in [-0.2, 0) is 0 Å². The highest BCUT2D eigenvalue weighted by atomic mass is 15.0. The fourth-order valence-electron chi connectivity index (χ4n) is 0.183. The van der Waals surface area contributed by atoms with Crippen molar-refractivity contribution in [1.29, 1.82) is 0 Å². The van der Waals surface area contributed by atoms with E-state index in [1.807, 2.05) is 14.1 Å². The Morgan fingerprint density at radius 1 is 1.71 bits per heavy atom. The Balaban J connectivity index is 3.98. The van der Waals surface area contributed by atoms with E-state index < -0.39 is 0 Å². The van der Waals surface area contributed by atoms with Gasteiger partial charge in [0.1, 0.15) is 0 Å². The molecule has 0 fully saturated rings. The van der Waals surface area contributed by atoms with E-state index in [0.717, 1.165) is 0 Å². The molecule has 40 valence electrons. The van der Waals surface area contributed by atoms with Gasteiger partial charge in [0.25, 0.3) is 5.84 Å². The zero-order valence-electron chi connectivity index (χ0n) is 4.81. The summed E-state index contributed by atoms with van der Waals surface area (Å²) in [7, 11) is 3.74. The van der Waals surface area contributed by atoms with Gasteiger partial charge in [0, 0.05) is 6.08 Å². The van der Waals surface area contributed by atoms with Crippen molar-refractivity contribution in [2.24, 2.45) is 5.73 Å². The van der Waals surface area contributed by atoms with Crippen molar-refractivity contribution in [3.8, 4) is 0 Å². The molecule has 2 heteroatoms. The van der Waals surface area contributed by atoms with Crippen LogP contribution >= 0.6 is 0 Å². The van der Waals surface area contributed by atoms with Crippen LogP contribution in [0.1, 0.15) is 0 Å². The Labute approximate surface area is 44.0 Å². The summed E-state index contributed by atoms with van der Waals surface area (Å²) in [6.07, 6.45) is 1.61. The van der Waals surface area contributed by atoms with Gasteiger partial charge >= 0.3 is 0 Å². The normalized spacial score (nSPS) is 7.71. The molecule has 0 bridgehead atoms. The smallest absolute Gasteiger partial charge is 0.266 e. The topological polar surface area (TPSA) is 29.0 Å². The Hall–Kier alpha value is -0.790. The number of nitrogens with zero attached hydrogens (tertiary/aromatic N) is 1. The van der Waals surface area contributed by atoms with Gasteiger partial charge in [-0.3, -0.25) is 10.3 Å². The summed E-state index contributed by atoms with van der Waals surface area (Å²) >= 11 is 0. The molecule has 0 spiro atoms. The van der Waals surface area contributed by atoms with Crippen molar-refractivity contribution >= 4 is 5.84 Å². The molecule has 0 saturated carbocycles. The minimum Gasteiger partial charge on any atom is -0.287 e. The first-order chi connectivity index (χ1) is 3.18. The lowest BCUT2D eigenvalue weighted by atomic mass is 10.6. The molecule has 0 aliphatic heterocycles. The van der Waals surface area contributed by atoms with Gasteiger partial charge in [-0.25, -0.2) is 0 Å². The molecule has 0 amide bonds. The first kappa shape index (κ1) is 6.21. The molecule has 0 aromatic carbocycles. The van der Waals surface area contributed by atoms with Gasteiger partial charge in [-0.2, -0.15) is 0 Å². The standard InChI is InChI=1S/C5H10N2/c1-4-5(6)7(2)3/h4,6H,1H2,2-3H3/p+1. The maximum Gasteiger partial charge on any atom is 0.266 e. The average molecular weight is 99.2 g/mol. The van der Waals surface area contributed by atoms with Crippen LogP contribution < -0.4 is 5.73 Å². The molecule has 0 aromatic heterocycles. The van der Waals surface area contributed by atoms with Crippen molar-refractivity contribution in [1.82, 2.24) is 0 Å². The Kier molecular flexibility index (Phi) is 2.12. The zero-order valence-corrected chi connectivity index (χ0v) is 4.81. The predicted octanol–water partition coefficient (Wildman–Crippen LogP) is -0.198. The Bertz CT molecular complexity index is 98.6. The second-order valence-electron chi connectivity index (χ2n) is 1.52. The van der Waals surface area contributed by atoms with Crippen molar-refractivity contribution < 1.29 is 4.58 Å². The molecule has 0 rings (SSSR count). The minimum absolute atomic E-state index is 0.694. The maximum absolute atomic E-state index is 5.34. The highest BCUT2D eigenvalue weighted by Crippen LogP contribution is 1.61. The fraction of sp³-hybridized carbons (Fsp3) is 0.400. The summed E-state index contributed by atoms with van der Waals surface area (Å²) < 4.78 is 1.80. The molecule has 0 aliphatic rings. The summed E-state index contributed by atoms with van der Waals surface area (Å²) in [5, 5.41) is 0. The first-order valence-corrected chi connectivity index (χ1v) is 2.10. The van der Waals surface area contributed by atoms with Crippen LogP contribution in [0.4, 0.5) is 0 Å². The van der Waals surface area contributed by atoms with Gasteiger partial charge in [-0.05, 0) is 0 Å². The lowest BCUT2D eigenvalue weighted by Gasteiger charge is -1.87. The Morgan fingerprint density at radius 3 is 2.14 bits per heavy atom. The predicted molar refractivity (Wildman–Crippen MR) is 31.5 cm³/mol. The van der Waals surface area contributed by atoms with Crippen LogP contribution in [0.3, 0.4) is 0 Å². The van der Waals surface area contributed by atoms with Gasteiger partial charge in [0.15, 0.2) is 0 Å². The van der Waals surface area contributed by atoms with Crippen LogP contribution in [0.25, 0.3) is 0 Å². The second kappa shape index (κ2) is 2.39. The second-order valence-corrected chi connectivity index (χ2v) is 1.52. The molecule has 0 radical (unpaired) electrons. The van der Waals surface area contributed by atoms with Crippen molar-refractivity contribution in [3.63, 3.8) is 0 Å². The van der Waals surface area contributed by atoms with Crippen LogP contribution in [-0.4, -0.2) is 24.5 Å². The van der Waals surface area contributed by atoms with Gasteiger partial charge in [-0.1, -0.05) is 6.58 Å². The van der Waals surface area contributed by atoms with E-state index in [2.05, 4.69) is 6.58 Å². The SMILES string of the molecule is C=CC(N)=[N+](C)C. The highest BCUT2D eigenvalue weighted by molar-refractivity contribution is 5.86. The molecule has 7 heavy (non-hydrogen) atoms. The lowest BCUT2D eigenvalue weighted by Crippen LogP contribution is -2.19. The molecule has 0 aromatic rings. The van der Waals surface area contributed by atoms with E-state index >= 15 is 0 Å². The van der Waals surface area contributed by atoms with Crippen LogP contribution in [0.2, 0.25) is 0 Å². The third-order valence-electron chi connectivity index (χ3n) is 0.726. The van der Waals surface area contributed by atoms with Crippen LogP contribution in [0.15, 0.2) is 12.7 Å². The highest BCUT2D eigenvalue weighted by Gasteiger charge is 1.86. The molecular formula is C5H11N2+. The van der Waals surface area contributed by atoms with E-state index in [1.165, 1.54) is 0 Å². The number of amidine groups is 1. The zero-order chi connectivity index (χ0) is 5.86. The molecule has 0 saturated heterocycles. The third-order valence-corrected chi connectivity index (χ3v) is 0.726. The monoisotopic (exact) mass is 99.1 g/mol. The molecule has 0 unspecified atom stereocenters. The molecule has 0 heterocycles. The van der Waals surface area contributed by atoms with E-state index in [0.29, 0.717) is 5.84 Å². The molecular weight excluding hydrogens is 88.1 g/mol.